The average molecular weight is 356 g/mol. The molecule has 2 rings (SSSR count). The molecule has 0 N–H and O–H groups in total. The fourth-order valence-electron chi connectivity index (χ4n) is 3.32. The van der Waals surface area contributed by atoms with E-state index < -0.39 is 4.92 Å². The molecular formula is C21H28N2O3. The number of rotatable bonds is 10. The lowest BCUT2D eigenvalue weighted by atomic mass is 10.0. The molecule has 1 heterocycles. The van der Waals surface area contributed by atoms with Gasteiger partial charge in [0, 0.05) is 29.9 Å². The number of hydrogen-bond donors (Lipinski definition) is 0. The summed E-state index contributed by atoms with van der Waals surface area (Å²) in [5.74, 6) is -0.115. The molecule has 5 heteroatoms. The van der Waals surface area contributed by atoms with Crippen LogP contribution in [-0.2, 0) is 19.4 Å². The van der Waals surface area contributed by atoms with Crippen LogP contribution in [0.25, 0.3) is 0 Å². The summed E-state index contributed by atoms with van der Waals surface area (Å²) in [6, 6.07) is 8.21. The fourth-order valence-corrected chi connectivity index (χ4v) is 3.32. The molecule has 0 bridgehead atoms. The SMILES string of the molecule is CCCCn1c(CCC)cc(CCC)c1C(=O)c1cccc([N+](=O)[O-])c1. The lowest BCUT2D eigenvalue weighted by Crippen LogP contribution is -2.15. The van der Waals surface area contributed by atoms with E-state index >= 15 is 0 Å². The number of ketones is 1. The Kier molecular flexibility index (Phi) is 7.13. The summed E-state index contributed by atoms with van der Waals surface area (Å²) in [6.07, 6.45) is 5.81. The molecule has 2 aromatic rings. The molecule has 0 aliphatic heterocycles. The molecule has 1 aromatic carbocycles. The van der Waals surface area contributed by atoms with Gasteiger partial charge in [0.2, 0.25) is 5.78 Å². The van der Waals surface area contributed by atoms with Crippen LogP contribution in [-0.4, -0.2) is 15.3 Å². The van der Waals surface area contributed by atoms with Gasteiger partial charge in [0.1, 0.15) is 0 Å². The highest BCUT2D eigenvalue weighted by atomic mass is 16.6. The number of aromatic nitrogens is 1. The third-order valence-corrected chi connectivity index (χ3v) is 4.56. The summed E-state index contributed by atoms with van der Waals surface area (Å²) in [7, 11) is 0. The van der Waals surface area contributed by atoms with Crippen molar-refractivity contribution >= 4 is 11.5 Å². The Bertz CT molecular complexity index is 778. The normalized spacial score (nSPS) is 10.9. The molecule has 0 aliphatic carbocycles. The molecule has 0 fully saturated rings. The van der Waals surface area contributed by atoms with Crippen LogP contribution >= 0.6 is 0 Å². The minimum absolute atomic E-state index is 0.0478. The van der Waals surface area contributed by atoms with Gasteiger partial charge in [-0.15, -0.1) is 0 Å². The second-order valence-electron chi connectivity index (χ2n) is 6.65. The van der Waals surface area contributed by atoms with Crippen LogP contribution in [0.2, 0.25) is 0 Å². The predicted molar refractivity (Wildman–Crippen MR) is 104 cm³/mol. The first-order valence-electron chi connectivity index (χ1n) is 9.53. The lowest BCUT2D eigenvalue weighted by molar-refractivity contribution is -0.384. The molecule has 0 saturated heterocycles. The van der Waals surface area contributed by atoms with Gasteiger partial charge in [-0.3, -0.25) is 14.9 Å². The fraction of sp³-hybridized carbons (Fsp3) is 0.476. The van der Waals surface area contributed by atoms with Gasteiger partial charge in [-0.2, -0.15) is 0 Å². The minimum Gasteiger partial charge on any atom is -0.342 e. The Morgan fingerprint density at radius 1 is 1.08 bits per heavy atom. The number of unbranched alkanes of at least 4 members (excludes halogenated alkanes) is 1. The zero-order valence-electron chi connectivity index (χ0n) is 16.0. The van der Waals surface area contributed by atoms with E-state index in [1.807, 2.05) is 0 Å². The van der Waals surface area contributed by atoms with Crippen LogP contribution in [0.1, 0.15) is 73.8 Å². The molecule has 0 amide bonds. The van der Waals surface area contributed by atoms with Gasteiger partial charge < -0.3 is 4.57 Å². The first kappa shape index (κ1) is 19.9. The molecule has 26 heavy (non-hydrogen) atoms. The molecule has 0 spiro atoms. The van der Waals surface area contributed by atoms with Crippen LogP contribution in [0, 0.1) is 10.1 Å². The van der Waals surface area contributed by atoms with Crippen molar-refractivity contribution in [1.29, 1.82) is 0 Å². The third kappa shape index (κ3) is 4.40. The van der Waals surface area contributed by atoms with Gasteiger partial charge in [-0.25, -0.2) is 0 Å². The number of hydrogen-bond acceptors (Lipinski definition) is 3. The lowest BCUT2D eigenvalue weighted by Gasteiger charge is -2.13. The summed E-state index contributed by atoms with van der Waals surface area (Å²) < 4.78 is 2.15. The van der Waals surface area contributed by atoms with Crippen molar-refractivity contribution in [2.45, 2.75) is 65.8 Å². The van der Waals surface area contributed by atoms with Crippen molar-refractivity contribution in [3.63, 3.8) is 0 Å². The Morgan fingerprint density at radius 2 is 1.81 bits per heavy atom. The zero-order chi connectivity index (χ0) is 19.1. The Hall–Kier alpha value is -2.43. The highest BCUT2D eigenvalue weighted by molar-refractivity contribution is 6.09. The largest absolute Gasteiger partial charge is 0.342 e. The maximum atomic E-state index is 13.3. The predicted octanol–water partition coefficient (Wildman–Crippen LogP) is 5.33. The number of carbonyl (C=O) groups is 1. The third-order valence-electron chi connectivity index (χ3n) is 4.56. The maximum absolute atomic E-state index is 13.3. The van der Waals surface area contributed by atoms with Gasteiger partial charge >= 0.3 is 0 Å². The second-order valence-corrected chi connectivity index (χ2v) is 6.65. The van der Waals surface area contributed by atoms with Gasteiger partial charge in [0.15, 0.2) is 0 Å². The van der Waals surface area contributed by atoms with E-state index in [0.717, 1.165) is 50.6 Å². The van der Waals surface area contributed by atoms with Crippen molar-refractivity contribution in [2.24, 2.45) is 0 Å². The highest BCUT2D eigenvalue weighted by Crippen LogP contribution is 2.25. The minimum atomic E-state index is -0.456. The quantitative estimate of drug-likeness (QED) is 0.328. The Morgan fingerprint density at radius 3 is 2.42 bits per heavy atom. The van der Waals surface area contributed by atoms with Crippen LogP contribution in [0.15, 0.2) is 30.3 Å². The monoisotopic (exact) mass is 356 g/mol. The maximum Gasteiger partial charge on any atom is 0.270 e. The smallest absolute Gasteiger partial charge is 0.270 e. The zero-order valence-corrected chi connectivity index (χ0v) is 16.0. The number of non-ortho nitro benzene ring substituents is 1. The summed E-state index contributed by atoms with van der Waals surface area (Å²) in [6.45, 7) is 7.19. The molecule has 0 unspecified atom stereocenters. The second kappa shape index (κ2) is 9.32. The van der Waals surface area contributed by atoms with Gasteiger partial charge in [-0.1, -0.05) is 52.2 Å². The van der Waals surface area contributed by atoms with Crippen LogP contribution < -0.4 is 0 Å². The number of aryl methyl sites for hydroxylation is 2. The number of nitrogens with zero attached hydrogens (tertiary/aromatic N) is 2. The molecule has 140 valence electrons. The number of carbonyl (C=O) groups excluding carboxylic acids is 1. The number of nitro groups is 1. The average Bonchev–Trinajstić information content (AvgIpc) is 2.97. The number of nitro benzene ring substituents is 1. The summed E-state index contributed by atoms with van der Waals surface area (Å²) >= 11 is 0. The number of benzene rings is 1. The van der Waals surface area contributed by atoms with Crippen molar-refractivity contribution in [1.82, 2.24) is 4.57 Å². The molecule has 0 atom stereocenters. The van der Waals surface area contributed by atoms with Crippen molar-refractivity contribution < 1.29 is 9.72 Å². The van der Waals surface area contributed by atoms with Gasteiger partial charge in [0.25, 0.3) is 5.69 Å². The van der Waals surface area contributed by atoms with Crippen LogP contribution in [0.5, 0.6) is 0 Å². The van der Waals surface area contributed by atoms with Crippen LogP contribution in [0.4, 0.5) is 5.69 Å². The highest BCUT2D eigenvalue weighted by Gasteiger charge is 2.22. The molecular weight excluding hydrogens is 328 g/mol. The van der Waals surface area contributed by atoms with E-state index in [2.05, 4.69) is 31.4 Å². The van der Waals surface area contributed by atoms with E-state index in [9.17, 15) is 14.9 Å². The van der Waals surface area contributed by atoms with E-state index in [0.29, 0.717) is 11.3 Å². The Labute approximate surface area is 155 Å². The van der Waals surface area contributed by atoms with E-state index in [4.69, 9.17) is 0 Å². The standard InChI is InChI=1S/C21H28N2O3/c1-4-7-13-22-18(10-6-3)14-16(9-5-2)20(22)21(24)17-11-8-12-19(15-17)23(25)26/h8,11-12,14-15H,4-7,9-10,13H2,1-3H3. The van der Waals surface area contributed by atoms with Crippen molar-refractivity contribution in [3.8, 4) is 0 Å². The summed E-state index contributed by atoms with van der Waals surface area (Å²) in [5.41, 5.74) is 3.30. The molecule has 0 radical (unpaired) electrons. The van der Waals surface area contributed by atoms with Crippen molar-refractivity contribution in [2.75, 3.05) is 0 Å². The van der Waals surface area contributed by atoms with Gasteiger partial charge in [-0.05, 0) is 30.9 Å². The molecule has 0 aliphatic rings. The Balaban J connectivity index is 2.55. The molecule has 1 aromatic heterocycles. The summed E-state index contributed by atoms with van der Waals surface area (Å²) in [4.78, 5) is 23.9. The van der Waals surface area contributed by atoms with Crippen molar-refractivity contribution in [3.05, 3.63) is 63.0 Å². The molecule has 0 saturated carbocycles. The topological polar surface area (TPSA) is 65.1 Å². The van der Waals surface area contributed by atoms with Gasteiger partial charge in [0.05, 0.1) is 10.6 Å². The van der Waals surface area contributed by atoms with Crippen LogP contribution in [0.3, 0.4) is 0 Å². The van der Waals surface area contributed by atoms with E-state index in [1.165, 1.54) is 17.8 Å². The van der Waals surface area contributed by atoms with E-state index in [1.54, 1.807) is 12.1 Å². The summed E-state index contributed by atoms with van der Waals surface area (Å²) in [5, 5.41) is 11.1. The first-order valence-corrected chi connectivity index (χ1v) is 9.53. The molecule has 5 nitrogen and oxygen atoms in total. The van der Waals surface area contributed by atoms with E-state index in [-0.39, 0.29) is 11.5 Å². The first-order chi connectivity index (χ1) is 12.5.